The van der Waals surface area contributed by atoms with Crippen molar-refractivity contribution < 1.29 is 41.4 Å². The Morgan fingerprint density at radius 2 is 1.11 bits per heavy atom. The highest BCUT2D eigenvalue weighted by Crippen LogP contribution is 2.46. The van der Waals surface area contributed by atoms with Gasteiger partial charge in [0.25, 0.3) is 0 Å². The normalized spacial score (nSPS) is 23.4. The molecular formula is C44H86O9Si4. The van der Waals surface area contributed by atoms with E-state index in [1.165, 1.54) is 0 Å². The van der Waals surface area contributed by atoms with Crippen LogP contribution in [0.25, 0.3) is 0 Å². The third kappa shape index (κ3) is 14.5. The van der Waals surface area contributed by atoms with Gasteiger partial charge in [0.05, 0.1) is 19.8 Å². The van der Waals surface area contributed by atoms with E-state index in [0.29, 0.717) is 13.2 Å². The first-order valence-corrected chi connectivity index (χ1v) is 32.7. The van der Waals surface area contributed by atoms with Crippen molar-refractivity contribution in [3.63, 3.8) is 0 Å². The Bertz CT molecular complexity index is 1360. The van der Waals surface area contributed by atoms with Crippen LogP contribution in [0.4, 0.5) is 0 Å². The van der Waals surface area contributed by atoms with Crippen LogP contribution in [0.5, 0.6) is 0 Å². The van der Waals surface area contributed by atoms with Crippen molar-refractivity contribution in [2.75, 3.05) is 27.1 Å². The summed E-state index contributed by atoms with van der Waals surface area (Å²) in [5.41, 5.74) is 1.04. The molecule has 1 fully saturated rings. The summed E-state index contributed by atoms with van der Waals surface area (Å²) in [7, 11) is -7.91. The standard InChI is InChI=1S/C44H86O9Si4/c1-23-34(48-32-45-14)35(46-29-33-27-25-24-26-28-33)30-47-40-39(53-57(21,22)44(11,12)13)38(52-56(19,20)43(8,9)10)37(51-55(17,18)42(5,6)7)36(50-40)31-49-54(15,16)41(2,3)4/h23-28,34-40H,1,29-32H2,2-22H3/t34-,35-,36+,37+,38-,39+,40+/m0/s1. The first kappa shape index (κ1) is 52.6. The van der Waals surface area contributed by atoms with Gasteiger partial charge in [0, 0.05) is 7.11 Å². The predicted molar refractivity (Wildman–Crippen MR) is 246 cm³/mol. The van der Waals surface area contributed by atoms with Gasteiger partial charge in [-0.2, -0.15) is 0 Å². The number of benzene rings is 1. The molecule has 1 aliphatic rings. The Hall–Kier alpha value is -0.532. The molecule has 0 unspecified atom stereocenters. The van der Waals surface area contributed by atoms with Crippen molar-refractivity contribution in [2.45, 2.75) is 205 Å². The third-order valence-electron chi connectivity index (χ3n) is 13.4. The maximum atomic E-state index is 7.62. The summed E-state index contributed by atoms with van der Waals surface area (Å²) in [6.45, 7) is 50.6. The second-order valence-corrected chi connectivity index (χ2v) is 41.2. The molecule has 9 nitrogen and oxygen atoms in total. The molecule has 0 spiro atoms. The van der Waals surface area contributed by atoms with E-state index in [9.17, 15) is 0 Å². The lowest BCUT2D eigenvalue weighted by Gasteiger charge is -2.55. The Morgan fingerprint density at radius 1 is 0.649 bits per heavy atom. The Kier molecular flexibility index (Phi) is 18.6. The fourth-order valence-electron chi connectivity index (χ4n) is 5.29. The van der Waals surface area contributed by atoms with Gasteiger partial charge in [-0.25, -0.2) is 0 Å². The largest absolute Gasteiger partial charge is 0.414 e. The van der Waals surface area contributed by atoms with E-state index in [0.717, 1.165) is 5.56 Å². The fourth-order valence-corrected chi connectivity index (χ4v) is 10.2. The molecule has 0 aromatic heterocycles. The molecule has 332 valence electrons. The highest BCUT2D eigenvalue weighted by atomic mass is 28.4. The van der Waals surface area contributed by atoms with E-state index in [4.69, 9.17) is 41.4 Å². The van der Waals surface area contributed by atoms with Gasteiger partial charge in [0.15, 0.2) is 39.6 Å². The molecule has 0 radical (unpaired) electrons. The lowest BCUT2D eigenvalue weighted by molar-refractivity contribution is -0.298. The number of ether oxygens (including phenoxy) is 5. The van der Waals surface area contributed by atoms with Gasteiger partial charge >= 0.3 is 0 Å². The van der Waals surface area contributed by atoms with Gasteiger partial charge in [0.2, 0.25) is 0 Å². The van der Waals surface area contributed by atoms with Crippen LogP contribution in [0.1, 0.15) is 88.6 Å². The SMILES string of the molecule is C=C[C@H](OCOC)[C@H](CO[C@@H]1O[C@H](CO[Si](C)(C)C(C)(C)C)[C@@H](O[Si](C)(C)C(C)(C)C)[C@H](O[Si](C)(C)C(C)(C)C)[C@H]1O[Si](C)(C)C(C)(C)C)OCc1ccccc1. The van der Waals surface area contributed by atoms with E-state index in [-0.39, 0.29) is 33.6 Å². The van der Waals surface area contributed by atoms with E-state index in [2.05, 4.69) is 142 Å². The van der Waals surface area contributed by atoms with Gasteiger partial charge in [-0.05, 0) is 78.1 Å². The minimum Gasteiger partial charge on any atom is -0.414 e. The average Bonchev–Trinajstić information content (AvgIpc) is 3.05. The molecule has 0 aliphatic carbocycles. The van der Waals surface area contributed by atoms with Crippen LogP contribution in [0.15, 0.2) is 43.0 Å². The molecule has 0 saturated carbocycles. The van der Waals surface area contributed by atoms with Gasteiger partial charge < -0.3 is 41.4 Å². The summed E-state index contributed by atoms with van der Waals surface area (Å²) in [6.07, 6.45) is -2.17. The maximum Gasteiger partial charge on any atom is 0.192 e. The zero-order chi connectivity index (χ0) is 44.1. The van der Waals surface area contributed by atoms with Crippen LogP contribution >= 0.6 is 0 Å². The number of hydrogen-bond acceptors (Lipinski definition) is 9. The van der Waals surface area contributed by atoms with Crippen LogP contribution < -0.4 is 0 Å². The second-order valence-electron chi connectivity index (χ2n) is 22.1. The van der Waals surface area contributed by atoms with Crippen molar-refractivity contribution in [3.8, 4) is 0 Å². The molecule has 0 amide bonds. The van der Waals surface area contributed by atoms with Crippen molar-refractivity contribution in [1.82, 2.24) is 0 Å². The van der Waals surface area contributed by atoms with Crippen molar-refractivity contribution >= 4 is 33.3 Å². The molecule has 2 rings (SSSR count). The van der Waals surface area contributed by atoms with E-state index in [1.807, 2.05) is 30.3 Å². The van der Waals surface area contributed by atoms with Gasteiger partial charge in [0.1, 0.15) is 43.4 Å². The molecule has 57 heavy (non-hydrogen) atoms. The minimum absolute atomic E-state index is 0.00356. The van der Waals surface area contributed by atoms with Crippen LogP contribution in [0.2, 0.25) is 72.5 Å². The highest BCUT2D eigenvalue weighted by Gasteiger charge is 2.57. The molecule has 1 aromatic carbocycles. The molecule has 0 N–H and O–H groups in total. The zero-order valence-electron chi connectivity index (χ0n) is 40.2. The lowest BCUT2D eigenvalue weighted by atomic mass is 9.99. The first-order chi connectivity index (χ1) is 25.7. The summed E-state index contributed by atoms with van der Waals surface area (Å²) in [4.78, 5) is 0. The molecule has 1 saturated heterocycles. The van der Waals surface area contributed by atoms with Gasteiger partial charge in [-0.15, -0.1) is 6.58 Å². The van der Waals surface area contributed by atoms with Crippen molar-refractivity contribution in [2.24, 2.45) is 0 Å². The minimum atomic E-state index is -2.46. The summed E-state index contributed by atoms with van der Waals surface area (Å²) < 4.78 is 61.8. The van der Waals surface area contributed by atoms with Gasteiger partial charge in [-0.1, -0.05) is 119 Å². The zero-order valence-corrected chi connectivity index (χ0v) is 44.2. The topological polar surface area (TPSA) is 83.1 Å². The highest BCUT2D eigenvalue weighted by molar-refractivity contribution is 6.75. The Morgan fingerprint density at radius 3 is 1.54 bits per heavy atom. The average molecular weight is 872 g/mol. The summed E-state index contributed by atoms with van der Waals surface area (Å²) in [5.74, 6) is 0. The summed E-state index contributed by atoms with van der Waals surface area (Å²) >= 11 is 0. The molecule has 13 heteroatoms. The fraction of sp³-hybridized carbons (Fsp3) is 0.818. The van der Waals surface area contributed by atoms with Crippen LogP contribution in [-0.4, -0.2) is 103 Å². The predicted octanol–water partition coefficient (Wildman–Crippen LogP) is 11.7. The molecule has 1 aromatic rings. The van der Waals surface area contributed by atoms with Crippen LogP contribution in [0.3, 0.4) is 0 Å². The number of methoxy groups -OCH3 is 1. The summed E-state index contributed by atoms with van der Waals surface area (Å²) in [5, 5.41) is -0.234. The molecule has 0 bridgehead atoms. The Labute approximate surface area is 354 Å². The first-order valence-electron chi connectivity index (χ1n) is 21.0. The van der Waals surface area contributed by atoms with Crippen LogP contribution in [-0.2, 0) is 48.0 Å². The van der Waals surface area contributed by atoms with E-state index >= 15 is 0 Å². The molecule has 7 atom stereocenters. The summed E-state index contributed by atoms with van der Waals surface area (Å²) in [6, 6.07) is 10.1. The molecule has 1 heterocycles. The van der Waals surface area contributed by atoms with E-state index in [1.54, 1.807) is 13.2 Å². The van der Waals surface area contributed by atoms with E-state index < -0.39 is 76.2 Å². The molecular weight excluding hydrogens is 785 g/mol. The lowest BCUT2D eigenvalue weighted by Crippen LogP contribution is -2.68. The number of rotatable bonds is 20. The maximum absolute atomic E-state index is 7.62. The van der Waals surface area contributed by atoms with Crippen molar-refractivity contribution in [1.29, 1.82) is 0 Å². The smallest absolute Gasteiger partial charge is 0.192 e. The second kappa shape index (κ2) is 20.1. The number of hydrogen-bond donors (Lipinski definition) is 0. The monoisotopic (exact) mass is 871 g/mol. The van der Waals surface area contributed by atoms with Crippen molar-refractivity contribution in [3.05, 3.63) is 48.6 Å². The van der Waals surface area contributed by atoms with Gasteiger partial charge in [-0.3, -0.25) is 0 Å². The van der Waals surface area contributed by atoms with Crippen LogP contribution in [0, 0.1) is 0 Å². The quantitative estimate of drug-likeness (QED) is 0.0722. The molecule has 1 aliphatic heterocycles. The Balaban J connectivity index is 2.85. The third-order valence-corrected chi connectivity index (χ3v) is 31.3.